The average Bonchev–Trinajstić information content (AvgIpc) is 3.24. The highest BCUT2D eigenvalue weighted by molar-refractivity contribution is 7.97. The van der Waals surface area contributed by atoms with Crippen LogP contribution in [0.2, 0.25) is 0 Å². The van der Waals surface area contributed by atoms with Gasteiger partial charge in [-0.3, -0.25) is 4.79 Å². The van der Waals surface area contributed by atoms with Gasteiger partial charge >= 0.3 is 0 Å². The summed E-state index contributed by atoms with van der Waals surface area (Å²) >= 11 is 1.69. The van der Waals surface area contributed by atoms with Crippen LogP contribution in [-0.4, -0.2) is 21.7 Å². The summed E-state index contributed by atoms with van der Waals surface area (Å²) in [6, 6.07) is 17.5. The maximum Gasteiger partial charge on any atom is 0.240 e. The van der Waals surface area contributed by atoms with Crippen LogP contribution in [0.1, 0.15) is 24.6 Å². The van der Waals surface area contributed by atoms with E-state index in [2.05, 4.69) is 10.3 Å². The largest absolute Gasteiger partial charge is 0.459 e. The van der Waals surface area contributed by atoms with Gasteiger partial charge in [0.05, 0.1) is 22.8 Å². The topological polar surface area (TPSA) is 60.1 Å². The first-order valence-corrected chi connectivity index (χ1v) is 10.3. The maximum atomic E-state index is 12.7. The van der Waals surface area contributed by atoms with Crippen molar-refractivity contribution >= 4 is 39.7 Å². The molecule has 0 bridgehead atoms. The van der Waals surface area contributed by atoms with Crippen LogP contribution in [0.4, 0.5) is 0 Å². The van der Waals surface area contributed by atoms with Crippen molar-refractivity contribution in [3.63, 3.8) is 0 Å². The van der Waals surface area contributed by atoms with E-state index in [0.717, 1.165) is 39.3 Å². The normalized spacial score (nSPS) is 12.5. The Morgan fingerprint density at radius 2 is 2.00 bits per heavy atom. The molecule has 0 radical (unpaired) electrons. The number of imidazole rings is 1. The van der Waals surface area contributed by atoms with E-state index < -0.39 is 0 Å². The van der Waals surface area contributed by atoms with Crippen LogP contribution in [0, 0.1) is 0 Å². The Balaban J connectivity index is 1.53. The fourth-order valence-corrected chi connectivity index (χ4v) is 3.74. The Morgan fingerprint density at radius 1 is 1.22 bits per heavy atom. The molecule has 0 saturated heterocycles. The number of benzene rings is 2. The highest BCUT2D eigenvalue weighted by atomic mass is 32.2. The van der Waals surface area contributed by atoms with Crippen molar-refractivity contribution in [2.24, 2.45) is 0 Å². The van der Waals surface area contributed by atoms with Crippen LogP contribution < -0.4 is 5.32 Å². The number of hydrogen-bond donors (Lipinski definition) is 1. The Kier molecular flexibility index (Phi) is 4.90. The Bertz CT molecular complexity index is 1070. The van der Waals surface area contributed by atoms with Gasteiger partial charge in [-0.15, -0.1) is 0 Å². The lowest BCUT2D eigenvalue weighted by Crippen LogP contribution is -2.30. The molecule has 0 aliphatic rings. The SMILES string of the molecule is CSCc1nc2ccccc2n1CC(=O)N[C@H](C)c1cc2ccccc2o1. The molecule has 0 saturated carbocycles. The molecule has 0 unspecified atom stereocenters. The number of carbonyl (C=O) groups excluding carboxylic acids is 1. The second kappa shape index (κ2) is 7.48. The molecule has 0 aliphatic heterocycles. The minimum absolute atomic E-state index is 0.0616. The summed E-state index contributed by atoms with van der Waals surface area (Å²) in [6.07, 6.45) is 2.04. The van der Waals surface area contributed by atoms with E-state index >= 15 is 0 Å². The zero-order valence-electron chi connectivity index (χ0n) is 15.3. The number of carbonyl (C=O) groups is 1. The van der Waals surface area contributed by atoms with E-state index in [9.17, 15) is 4.79 Å². The first-order chi connectivity index (χ1) is 13.2. The Morgan fingerprint density at radius 3 is 2.81 bits per heavy atom. The van der Waals surface area contributed by atoms with Gasteiger partial charge in [0.1, 0.15) is 23.7 Å². The molecular formula is C21H21N3O2S. The van der Waals surface area contributed by atoms with Crippen molar-refractivity contribution < 1.29 is 9.21 Å². The highest BCUT2D eigenvalue weighted by Gasteiger charge is 2.17. The lowest BCUT2D eigenvalue weighted by molar-refractivity contribution is -0.122. The predicted molar refractivity (Wildman–Crippen MR) is 110 cm³/mol. The number of nitrogens with one attached hydrogen (secondary N) is 1. The molecular weight excluding hydrogens is 358 g/mol. The van der Waals surface area contributed by atoms with Gasteiger partial charge in [0.2, 0.25) is 5.91 Å². The van der Waals surface area contributed by atoms with E-state index in [0.29, 0.717) is 0 Å². The summed E-state index contributed by atoms with van der Waals surface area (Å²) in [5, 5.41) is 4.08. The predicted octanol–water partition coefficient (Wildman–Crippen LogP) is 4.52. The fraction of sp³-hybridized carbons (Fsp3) is 0.238. The number of rotatable bonds is 6. The third-order valence-corrected chi connectivity index (χ3v) is 5.10. The molecule has 2 aromatic carbocycles. The molecule has 6 heteroatoms. The minimum Gasteiger partial charge on any atom is -0.459 e. The van der Waals surface area contributed by atoms with Crippen LogP contribution >= 0.6 is 11.8 Å². The number of furan rings is 1. The van der Waals surface area contributed by atoms with Crippen molar-refractivity contribution in [1.29, 1.82) is 0 Å². The molecule has 2 aromatic heterocycles. The zero-order chi connectivity index (χ0) is 18.8. The van der Waals surface area contributed by atoms with Gasteiger partial charge in [-0.25, -0.2) is 4.98 Å². The Labute approximate surface area is 161 Å². The lowest BCUT2D eigenvalue weighted by atomic mass is 10.2. The van der Waals surface area contributed by atoms with E-state index in [4.69, 9.17) is 4.42 Å². The van der Waals surface area contributed by atoms with Crippen molar-refractivity contribution in [1.82, 2.24) is 14.9 Å². The number of amides is 1. The second-order valence-electron chi connectivity index (χ2n) is 6.51. The van der Waals surface area contributed by atoms with Crippen LogP contribution in [0.5, 0.6) is 0 Å². The third-order valence-electron chi connectivity index (χ3n) is 4.56. The maximum absolute atomic E-state index is 12.7. The minimum atomic E-state index is -0.205. The van der Waals surface area contributed by atoms with Crippen LogP contribution in [0.15, 0.2) is 59.0 Å². The number of nitrogens with zero attached hydrogens (tertiary/aromatic N) is 2. The van der Waals surface area contributed by atoms with Crippen molar-refractivity contribution in [2.75, 3.05) is 6.26 Å². The molecule has 1 N–H and O–H groups in total. The molecule has 0 fully saturated rings. The molecule has 138 valence electrons. The van der Waals surface area contributed by atoms with Crippen molar-refractivity contribution in [3.8, 4) is 0 Å². The molecule has 5 nitrogen and oxygen atoms in total. The molecule has 1 amide bonds. The summed E-state index contributed by atoms with van der Waals surface area (Å²) in [5.74, 6) is 2.37. The number of thioether (sulfide) groups is 1. The monoisotopic (exact) mass is 379 g/mol. The first-order valence-electron chi connectivity index (χ1n) is 8.86. The summed E-state index contributed by atoms with van der Waals surface area (Å²) in [5.41, 5.74) is 2.73. The molecule has 4 aromatic rings. The molecule has 2 heterocycles. The first kappa shape index (κ1) is 17.7. The van der Waals surface area contributed by atoms with Crippen molar-refractivity contribution in [3.05, 3.63) is 66.2 Å². The van der Waals surface area contributed by atoms with E-state index in [1.807, 2.05) is 72.3 Å². The summed E-state index contributed by atoms with van der Waals surface area (Å²) in [4.78, 5) is 17.4. The van der Waals surface area contributed by atoms with E-state index in [-0.39, 0.29) is 18.5 Å². The summed E-state index contributed by atoms with van der Waals surface area (Å²) < 4.78 is 7.85. The second-order valence-corrected chi connectivity index (χ2v) is 7.38. The lowest BCUT2D eigenvalue weighted by Gasteiger charge is -2.13. The van der Waals surface area contributed by atoms with Gasteiger partial charge in [-0.1, -0.05) is 30.3 Å². The van der Waals surface area contributed by atoms with E-state index in [1.54, 1.807) is 11.8 Å². The molecule has 1 atom stereocenters. The quantitative estimate of drug-likeness (QED) is 0.535. The van der Waals surface area contributed by atoms with Gasteiger partial charge < -0.3 is 14.3 Å². The molecule has 0 aliphatic carbocycles. The van der Waals surface area contributed by atoms with Crippen molar-refractivity contribution in [2.45, 2.75) is 25.3 Å². The van der Waals surface area contributed by atoms with Crippen LogP contribution in [0.25, 0.3) is 22.0 Å². The standard InChI is InChI=1S/C21H21N3O2S/c1-14(19-11-15-7-3-6-10-18(15)26-19)22-21(25)12-24-17-9-5-4-8-16(17)23-20(24)13-27-2/h3-11,14H,12-13H2,1-2H3,(H,22,25)/t14-/m1/s1. The number of para-hydroxylation sites is 3. The summed E-state index contributed by atoms with van der Waals surface area (Å²) in [6.45, 7) is 2.17. The smallest absolute Gasteiger partial charge is 0.240 e. The van der Waals surface area contributed by atoms with Gasteiger partial charge in [-0.05, 0) is 37.4 Å². The van der Waals surface area contributed by atoms with Crippen LogP contribution in [-0.2, 0) is 17.1 Å². The fourth-order valence-electron chi connectivity index (χ4n) is 3.26. The highest BCUT2D eigenvalue weighted by Crippen LogP contribution is 2.24. The number of hydrogen-bond acceptors (Lipinski definition) is 4. The Hall–Kier alpha value is -2.73. The molecule has 27 heavy (non-hydrogen) atoms. The molecule has 0 spiro atoms. The van der Waals surface area contributed by atoms with Gasteiger partial charge in [0, 0.05) is 5.39 Å². The number of fused-ring (bicyclic) bond motifs is 2. The average molecular weight is 379 g/mol. The number of aromatic nitrogens is 2. The molecule has 4 rings (SSSR count). The van der Waals surface area contributed by atoms with Gasteiger partial charge in [0.15, 0.2) is 0 Å². The van der Waals surface area contributed by atoms with Gasteiger partial charge in [-0.2, -0.15) is 11.8 Å². The summed E-state index contributed by atoms with van der Waals surface area (Å²) in [7, 11) is 0. The third kappa shape index (κ3) is 3.57. The van der Waals surface area contributed by atoms with Gasteiger partial charge in [0.25, 0.3) is 0 Å². The van der Waals surface area contributed by atoms with E-state index in [1.165, 1.54) is 0 Å². The zero-order valence-corrected chi connectivity index (χ0v) is 16.1. The van der Waals surface area contributed by atoms with Crippen LogP contribution in [0.3, 0.4) is 0 Å².